The fourth-order valence-electron chi connectivity index (χ4n) is 1.74. The Hall–Kier alpha value is -1.56. The summed E-state index contributed by atoms with van der Waals surface area (Å²) < 4.78 is 29.3. The number of methoxy groups -OCH3 is 1. The molecule has 0 atom stereocenters. The van der Waals surface area contributed by atoms with Crippen LogP contribution in [0.3, 0.4) is 0 Å². The summed E-state index contributed by atoms with van der Waals surface area (Å²) in [5.74, 6) is -0.693. The van der Waals surface area contributed by atoms with Crippen molar-refractivity contribution in [3.63, 3.8) is 0 Å². The predicted octanol–water partition coefficient (Wildman–Crippen LogP) is 1.58. The van der Waals surface area contributed by atoms with E-state index in [0.29, 0.717) is 0 Å². The maximum absolute atomic E-state index is 12.2. The zero-order valence-corrected chi connectivity index (χ0v) is 10.7. The van der Waals surface area contributed by atoms with Crippen LogP contribution in [-0.2, 0) is 9.84 Å². The van der Waals surface area contributed by atoms with Crippen molar-refractivity contribution >= 4 is 15.8 Å². The van der Waals surface area contributed by atoms with Gasteiger partial charge in [0.05, 0.1) is 18.4 Å². The maximum Gasteiger partial charge on any atom is 0.335 e. The van der Waals surface area contributed by atoms with E-state index in [4.69, 9.17) is 9.84 Å². The SMILES string of the molecule is COc1ccc(C(=O)O)cc1S(=O)(=O)CC1CC1. The number of sulfone groups is 1. The Kier molecular flexibility index (Phi) is 3.30. The average Bonchev–Trinajstić information content (AvgIpc) is 3.11. The third kappa shape index (κ3) is 2.64. The number of carbonyl (C=O) groups is 1. The highest BCUT2D eigenvalue weighted by Crippen LogP contribution is 2.34. The summed E-state index contributed by atoms with van der Waals surface area (Å²) in [7, 11) is -2.12. The molecular formula is C12H14O5S. The number of carboxylic acid groups (broad SMARTS) is 1. The summed E-state index contributed by atoms with van der Waals surface area (Å²) in [5, 5.41) is 8.90. The zero-order chi connectivity index (χ0) is 13.3. The van der Waals surface area contributed by atoms with Crippen LogP contribution in [-0.4, -0.2) is 32.4 Å². The normalized spacial score (nSPS) is 15.4. The molecular weight excluding hydrogens is 256 g/mol. The quantitative estimate of drug-likeness (QED) is 0.878. The van der Waals surface area contributed by atoms with Crippen molar-refractivity contribution in [2.75, 3.05) is 12.9 Å². The molecule has 18 heavy (non-hydrogen) atoms. The van der Waals surface area contributed by atoms with Crippen molar-refractivity contribution in [3.05, 3.63) is 23.8 Å². The number of ether oxygens (including phenoxy) is 1. The summed E-state index contributed by atoms with van der Waals surface area (Å²) in [6, 6.07) is 3.87. The molecule has 98 valence electrons. The first-order valence-corrected chi connectivity index (χ1v) is 7.23. The molecule has 0 radical (unpaired) electrons. The lowest BCUT2D eigenvalue weighted by molar-refractivity contribution is 0.0696. The molecule has 0 aliphatic heterocycles. The van der Waals surface area contributed by atoms with Crippen molar-refractivity contribution in [2.24, 2.45) is 5.92 Å². The monoisotopic (exact) mass is 270 g/mol. The molecule has 0 amide bonds. The van der Waals surface area contributed by atoms with Crippen molar-refractivity contribution in [1.29, 1.82) is 0 Å². The first kappa shape index (κ1) is 12.9. The molecule has 0 unspecified atom stereocenters. The number of hydrogen-bond acceptors (Lipinski definition) is 4. The van der Waals surface area contributed by atoms with Crippen LogP contribution in [0, 0.1) is 5.92 Å². The topological polar surface area (TPSA) is 80.7 Å². The van der Waals surface area contributed by atoms with Gasteiger partial charge in [0, 0.05) is 0 Å². The van der Waals surface area contributed by atoms with Gasteiger partial charge in [0.15, 0.2) is 9.84 Å². The molecule has 0 spiro atoms. The molecule has 5 nitrogen and oxygen atoms in total. The van der Waals surface area contributed by atoms with Crippen LogP contribution in [0.5, 0.6) is 5.75 Å². The van der Waals surface area contributed by atoms with E-state index in [1.807, 2.05) is 0 Å². The van der Waals surface area contributed by atoms with Crippen molar-refractivity contribution in [2.45, 2.75) is 17.7 Å². The van der Waals surface area contributed by atoms with Crippen molar-refractivity contribution in [3.8, 4) is 5.75 Å². The number of aromatic carboxylic acids is 1. The average molecular weight is 270 g/mol. The molecule has 0 aromatic heterocycles. The van der Waals surface area contributed by atoms with Crippen LogP contribution >= 0.6 is 0 Å². The molecule has 0 saturated heterocycles. The lowest BCUT2D eigenvalue weighted by Crippen LogP contribution is -2.11. The van der Waals surface area contributed by atoms with E-state index in [0.717, 1.165) is 12.8 Å². The molecule has 1 fully saturated rings. The minimum atomic E-state index is -3.48. The van der Waals surface area contributed by atoms with E-state index >= 15 is 0 Å². The molecule has 1 aliphatic carbocycles. The second-order valence-electron chi connectivity index (χ2n) is 4.40. The van der Waals surface area contributed by atoms with Crippen LogP contribution in [0.25, 0.3) is 0 Å². The molecule has 1 aliphatic rings. The lowest BCUT2D eigenvalue weighted by Gasteiger charge is -2.10. The smallest absolute Gasteiger partial charge is 0.335 e. The highest BCUT2D eigenvalue weighted by molar-refractivity contribution is 7.91. The summed E-state index contributed by atoms with van der Waals surface area (Å²) in [6.07, 6.45) is 1.83. The van der Waals surface area contributed by atoms with Gasteiger partial charge in [-0.2, -0.15) is 0 Å². The Labute approximate surface area is 105 Å². The molecule has 1 N–H and O–H groups in total. The highest BCUT2D eigenvalue weighted by Gasteiger charge is 2.31. The fourth-order valence-corrected chi connectivity index (χ4v) is 3.64. The molecule has 0 heterocycles. The predicted molar refractivity (Wildman–Crippen MR) is 64.7 cm³/mol. The number of carboxylic acids is 1. The Morgan fingerprint density at radius 3 is 2.61 bits per heavy atom. The molecule has 1 aromatic carbocycles. The van der Waals surface area contributed by atoms with Gasteiger partial charge in [-0.05, 0) is 37.0 Å². The van der Waals surface area contributed by atoms with Gasteiger partial charge >= 0.3 is 5.97 Å². The van der Waals surface area contributed by atoms with Crippen LogP contribution < -0.4 is 4.74 Å². The molecule has 6 heteroatoms. The van der Waals surface area contributed by atoms with E-state index < -0.39 is 15.8 Å². The van der Waals surface area contributed by atoms with Crippen LogP contribution in [0.2, 0.25) is 0 Å². The Bertz CT molecular complexity index is 572. The summed E-state index contributed by atoms with van der Waals surface area (Å²) in [6.45, 7) is 0. The van der Waals surface area contributed by atoms with Gasteiger partial charge in [0.2, 0.25) is 0 Å². The first-order valence-electron chi connectivity index (χ1n) is 5.58. The van der Waals surface area contributed by atoms with E-state index in [-0.39, 0.29) is 27.9 Å². The highest BCUT2D eigenvalue weighted by atomic mass is 32.2. The lowest BCUT2D eigenvalue weighted by atomic mass is 10.2. The van der Waals surface area contributed by atoms with Gasteiger partial charge in [-0.3, -0.25) is 0 Å². The third-order valence-electron chi connectivity index (χ3n) is 2.90. The standard InChI is InChI=1S/C12H14O5S/c1-17-10-5-4-9(12(13)14)6-11(10)18(15,16)7-8-2-3-8/h4-6,8H,2-3,7H2,1H3,(H,13,14). The molecule has 1 saturated carbocycles. The van der Waals surface area contributed by atoms with E-state index in [1.54, 1.807) is 0 Å². The maximum atomic E-state index is 12.2. The van der Waals surface area contributed by atoms with Gasteiger partial charge in [0.1, 0.15) is 10.6 Å². The zero-order valence-electron chi connectivity index (χ0n) is 9.92. The minimum Gasteiger partial charge on any atom is -0.495 e. The largest absolute Gasteiger partial charge is 0.495 e. The number of hydrogen-bond donors (Lipinski definition) is 1. The summed E-state index contributed by atoms with van der Waals surface area (Å²) in [4.78, 5) is 10.8. The van der Waals surface area contributed by atoms with Crippen molar-refractivity contribution < 1.29 is 23.1 Å². The third-order valence-corrected chi connectivity index (χ3v) is 4.80. The fraction of sp³-hybridized carbons (Fsp3) is 0.417. The van der Waals surface area contributed by atoms with E-state index in [9.17, 15) is 13.2 Å². The van der Waals surface area contributed by atoms with Gasteiger partial charge in [-0.25, -0.2) is 13.2 Å². The van der Waals surface area contributed by atoms with Gasteiger partial charge < -0.3 is 9.84 Å². The second-order valence-corrected chi connectivity index (χ2v) is 6.40. The first-order chi connectivity index (χ1) is 8.44. The molecule has 0 bridgehead atoms. The molecule has 1 aromatic rings. The van der Waals surface area contributed by atoms with Gasteiger partial charge in [-0.15, -0.1) is 0 Å². The molecule has 2 rings (SSSR count). The minimum absolute atomic E-state index is 0.0307. The summed E-state index contributed by atoms with van der Waals surface area (Å²) in [5.41, 5.74) is -0.0508. The Balaban J connectivity index is 2.45. The van der Waals surface area contributed by atoms with E-state index in [2.05, 4.69) is 0 Å². The Morgan fingerprint density at radius 2 is 2.11 bits per heavy atom. The van der Waals surface area contributed by atoms with Crippen LogP contribution in [0.15, 0.2) is 23.1 Å². The summed E-state index contributed by atoms with van der Waals surface area (Å²) >= 11 is 0. The van der Waals surface area contributed by atoms with Gasteiger partial charge in [-0.1, -0.05) is 0 Å². The van der Waals surface area contributed by atoms with Crippen LogP contribution in [0.4, 0.5) is 0 Å². The van der Waals surface area contributed by atoms with Crippen LogP contribution in [0.1, 0.15) is 23.2 Å². The van der Waals surface area contributed by atoms with Crippen molar-refractivity contribution in [1.82, 2.24) is 0 Å². The van der Waals surface area contributed by atoms with E-state index in [1.165, 1.54) is 25.3 Å². The second kappa shape index (κ2) is 4.61. The van der Waals surface area contributed by atoms with Gasteiger partial charge in [0.25, 0.3) is 0 Å². The Morgan fingerprint density at radius 1 is 1.44 bits per heavy atom. The number of rotatable bonds is 5. The number of benzene rings is 1.